The summed E-state index contributed by atoms with van der Waals surface area (Å²) in [6.07, 6.45) is 1.91. The molecule has 1 unspecified atom stereocenters. The third kappa shape index (κ3) is 4.01. The Labute approximate surface area is 112 Å². The summed E-state index contributed by atoms with van der Waals surface area (Å²) in [5, 5.41) is 2.84. The molecule has 0 bridgehead atoms. The van der Waals surface area contributed by atoms with Crippen molar-refractivity contribution in [2.75, 3.05) is 31.5 Å². The van der Waals surface area contributed by atoms with Crippen molar-refractivity contribution in [3.8, 4) is 0 Å². The maximum atomic E-state index is 12.8. The minimum Gasteiger partial charge on any atom is -0.329 e. The predicted molar refractivity (Wildman–Crippen MR) is 73.2 cm³/mol. The average molecular weight is 265 g/mol. The first-order valence-corrected chi connectivity index (χ1v) is 6.68. The molecule has 1 aromatic carbocycles. The fraction of sp³-hybridized carbons (Fsp3) is 0.500. The molecule has 0 spiro atoms. The van der Waals surface area contributed by atoms with E-state index in [4.69, 9.17) is 5.73 Å². The summed E-state index contributed by atoms with van der Waals surface area (Å²) in [5.74, 6) is -0.302. The van der Waals surface area contributed by atoms with E-state index in [2.05, 4.69) is 10.2 Å². The molecule has 5 heteroatoms. The fourth-order valence-electron chi connectivity index (χ4n) is 2.43. The number of nitrogens with two attached hydrogens (primary N) is 1. The van der Waals surface area contributed by atoms with Crippen LogP contribution in [0.4, 0.5) is 10.1 Å². The highest BCUT2D eigenvalue weighted by Crippen LogP contribution is 2.18. The third-order valence-electron chi connectivity index (χ3n) is 3.43. The van der Waals surface area contributed by atoms with Crippen LogP contribution in [0, 0.1) is 11.7 Å². The second-order valence-electron chi connectivity index (χ2n) is 4.92. The lowest BCUT2D eigenvalue weighted by atomic mass is 9.97. The lowest BCUT2D eigenvalue weighted by Gasteiger charge is -2.31. The lowest BCUT2D eigenvalue weighted by molar-refractivity contribution is -0.121. The summed E-state index contributed by atoms with van der Waals surface area (Å²) in [5.41, 5.74) is 6.18. The zero-order valence-electron chi connectivity index (χ0n) is 10.9. The minimum absolute atomic E-state index is 0.00771. The molecule has 1 aliphatic heterocycles. The van der Waals surface area contributed by atoms with Crippen molar-refractivity contribution in [1.29, 1.82) is 0 Å². The standard InChI is InChI=1S/C14H20FN3O/c15-12-3-5-13(6-4-12)17-14(19)11-2-1-8-18(10-11)9-7-16/h3-6,11H,1-2,7-10,16H2,(H,17,19). The number of carbonyl (C=O) groups excluding carboxylic acids is 1. The van der Waals surface area contributed by atoms with Crippen molar-refractivity contribution in [2.45, 2.75) is 12.8 Å². The van der Waals surface area contributed by atoms with Crippen molar-refractivity contribution in [3.05, 3.63) is 30.1 Å². The average Bonchev–Trinajstić information content (AvgIpc) is 2.42. The Morgan fingerprint density at radius 1 is 1.42 bits per heavy atom. The molecule has 4 nitrogen and oxygen atoms in total. The van der Waals surface area contributed by atoms with Gasteiger partial charge in [-0.25, -0.2) is 4.39 Å². The van der Waals surface area contributed by atoms with Crippen LogP contribution in [-0.2, 0) is 4.79 Å². The van der Waals surface area contributed by atoms with E-state index in [1.54, 1.807) is 12.1 Å². The van der Waals surface area contributed by atoms with Gasteiger partial charge >= 0.3 is 0 Å². The number of hydrogen-bond donors (Lipinski definition) is 2. The van der Waals surface area contributed by atoms with Gasteiger partial charge in [0.15, 0.2) is 0 Å². The van der Waals surface area contributed by atoms with Gasteiger partial charge in [-0.05, 0) is 43.7 Å². The number of likely N-dealkylation sites (tertiary alicyclic amines) is 1. The van der Waals surface area contributed by atoms with E-state index >= 15 is 0 Å². The van der Waals surface area contributed by atoms with Gasteiger partial charge in [0.25, 0.3) is 0 Å². The van der Waals surface area contributed by atoms with Gasteiger partial charge in [0.1, 0.15) is 5.82 Å². The number of halogens is 1. The smallest absolute Gasteiger partial charge is 0.228 e. The lowest BCUT2D eigenvalue weighted by Crippen LogP contribution is -2.42. The first-order valence-electron chi connectivity index (χ1n) is 6.68. The zero-order chi connectivity index (χ0) is 13.7. The largest absolute Gasteiger partial charge is 0.329 e. The molecule has 2 rings (SSSR count). The van der Waals surface area contributed by atoms with Crippen LogP contribution in [0.5, 0.6) is 0 Å². The molecular weight excluding hydrogens is 245 g/mol. The molecule has 104 valence electrons. The normalized spacial score (nSPS) is 20.2. The van der Waals surface area contributed by atoms with Gasteiger partial charge in [-0.1, -0.05) is 0 Å². The van der Waals surface area contributed by atoms with Crippen LogP contribution >= 0.6 is 0 Å². The SMILES string of the molecule is NCCN1CCCC(C(=O)Nc2ccc(F)cc2)C1. The van der Waals surface area contributed by atoms with Crippen LogP contribution < -0.4 is 11.1 Å². The van der Waals surface area contributed by atoms with Crippen LogP contribution in [0.25, 0.3) is 0 Å². The molecule has 1 amide bonds. The number of nitrogens with zero attached hydrogens (tertiary/aromatic N) is 1. The third-order valence-corrected chi connectivity index (χ3v) is 3.43. The summed E-state index contributed by atoms with van der Waals surface area (Å²) in [6.45, 7) is 3.22. The van der Waals surface area contributed by atoms with E-state index in [0.29, 0.717) is 12.2 Å². The second-order valence-corrected chi connectivity index (χ2v) is 4.92. The Hall–Kier alpha value is -1.46. The van der Waals surface area contributed by atoms with E-state index < -0.39 is 0 Å². The van der Waals surface area contributed by atoms with Crippen molar-refractivity contribution in [1.82, 2.24) is 4.90 Å². The monoisotopic (exact) mass is 265 g/mol. The van der Waals surface area contributed by atoms with Gasteiger partial charge in [-0.3, -0.25) is 4.79 Å². The number of carbonyl (C=O) groups is 1. The first kappa shape index (κ1) is 14.0. The quantitative estimate of drug-likeness (QED) is 0.866. The summed E-state index contributed by atoms with van der Waals surface area (Å²) in [4.78, 5) is 14.4. The molecule has 1 saturated heterocycles. The Bertz CT molecular complexity index is 419. The van der Waals surface area contributed by atoms with Gasteiger partial charge in [-0.15, -0.1) is 0 Å². The molecule has 1 heterocycles. The first-order chi connectivity index (χ1) is 9.19. The number of amides is 1. The molecule has 0 aliphatic carbocycles. The molecule has 1 fully saturated rings. The van der Waals surface area contributed by atoms with Crippen molar-refractivity contribution < 1.29 is 9.18 Å². The topological polar surface area (TPSA) is 58.4 Å². The van der Waals surface area contributed by atoms with Gasteiger partial charge in [0, 0.05) is 25.3 Å². The maximum absolute atomic E-state index is 12.8. The molecule has 19 heavy (non-hydrogen) atoms. The van der Waals surface area contributed by atoms with E-state index in [-0.39, 0.29) is 17.6 Å². The summed E-state index contributed by atoms with van der Waals surface area (Å²) in [7, 11) is 0. The number of benzene rings is 1. The van der Waals surface area contributed by atoms with Crippen LogP contribution in [0.1, 0.15) is 12.8 Å². The van der Waals surface area contributed by atoms with Crippen LogP contribution in [-0.4, -0.2) is 37.0 Å². The van der Waals surface area contributed by atoms with E-state index in [0.717, 1.165) is 32.5 Å². The van der Waals surface area contributed by atoms with Crippen LogP contribution in [0.2, 0.25) is 0 Å². The molecule has 1 aliphatic rings. The summed E-state index contributed by atoms with van der Waals surface area (Å²) >= 11 is 0. The molecule has 1 atom stereocenters. The maximum Gasteiger partial charge on any atom is 0.228 e. The number of piperidine rings is 1. The number of hydrogen-bond acceptors (Lipinski definition) is 3. The Balaban J connectivity index is 1.90. The summed E-state index contributed by atoms with van der Waals surface area (Å²) < 4.78 is 12.8. The molecular formula is C14H20FN3O. The van der Waals surface area contributed by atoms with E-state index in [1.807, 2.05) is 0 Å². The highest BCUT2D eigenvalue weighted by atomic mass is 19.1. The van der Waals surface area contributed by atoms with Crippen LogP contribution in [0.3, 0.4) is 0 Å². The highest BCUT2D eigenvalue weighted by Gasteiger charge is 2.25. The fourth-order valence-corrected chi connectivity index (χ4v) is 2.43. The van der Waals surface area contributed by atoms with E-state index in [1.165, 1.54) is 12.1 Å². The van der Waals surface area contributed by atoms with Crippen molar-refractivity contribution >= 4 is 11.6 Å². The van der Waals surface area contributed by atoms with Gasteiger partial charge in [0.05, 0.1) is 5.92 Å². The highest BCUT2D eigenvalue weighted by molar-refractivity contribution is 5.92. The molecule has 0 saturated carbocycles. The zero-order valence-corrected chi connectivity index (χ0v) is 10.9. The molecule has 0 radical (unpaired) electrons. The Kier molecular flexibility index (Phi) is 4.87. The van der Waals surface area contributed by atoms with Gasteiger partial charge in [-0.2, -0.15) is 0 Å². The van der Waals surface area contributed by atoms with Crippen molar-refractivity contribution in [2.24, 2.45) is 11.7 Å². The summed E-state index contributed by atoms with van der Waals surface area (Å²) in [6, 6.07) is 5.84. The van der Waals surface area contributed by atoms with E-state index in [9.17, 15) is 9.18 Å². The molecule has 1 aromatic rings. The number of rotatable bonds is 4. The van der Waals surface area contributed by atoms with Crippen molar-refractivity contribution in [3.63, 3.8) is 0 Å². The van der Waals surface area contributed by atoms with Crippen LogP contribution in [0.15, 0.2) is 24.3 Å². The number of nitrogens with one attached hydrogen (secondary N) is 1. The molecule has 0 aromatic heterocycles. The minimum atomic E-state index is -0.301. The van der Waals surface area contributed by atoms with Gasteiger partial charge < -0.3 is 16.0 Å². The van der Waals surface area contributed by atoms with Gasteiger partial charge in [0.2, 0.25) is 5.91 Å². The molecule has 3 N–H and O–H groups in total. The Morgan fingerprint density at radius 3 is 2.84 bits per heavy atom. The Morgan fingerprint density at radius 2 is 2.16 bits per heavy atom. The number of anilines is 1. The predicted octanol–water partition coefficient (Wildman–Crippen LogP) is 1.43. The second kappa shape index (κ2) is 6.63.